The number of rotatable bonds is 2. The fourth-order valence-electron chi connectivity index (χ4n) is 3.64. The molecule has 0 spiro atoms. The van der Waals surface area contributed by atoms with Crippen LogP contribution in [0.2, 0.25) is 0 Å². The first-order valence-electron chi connectivity index (χ1n) is 6.50. The molecule has 8 nitrogen and oxygen atoms in total. The molecule has 2 aliphatic carbocycles. The van der Waals surface area contributed by atoms with Crippen molar-refractivity contribution >= 4 is 17.0 Å². The van der Waals surface area contributed by atoms with Gasteiger partial charge in [0.1, 0.15) is 17.9 Å². The van der Waals surface area contributed by atoms with E-state index in [1.807, 2.05) is 0 Å². The second-order valence-electron chi connectivity index (χ2n) is 5.71. The summed E-state index contributed by atoms with van der Waals surface area (Å²) in [5.74, 6) is 0.303. The Kier molecular flexibility index (Phi) is 2.20. The van der Waals surface area contributed by atoms with Gasteiger partial charge in [0.25, 0.3) is 0 Å². The maximum Gasteiger partial charge on any atom is 0.165 e. The number of nitrogens with two attached hydrogens (primary N) is 1. The average Bonchev–Trinajstić information content (AvgIpc) is 2.95. The highest BCUT2D eigenvalue weighted by molar-refractivity contribution is 5.81. The number of hydrogen-bond donors (Lipinski definition) is 4. The number of aromatic nitrogens is 4. The van der Waals surface area contributed by atoms with Crippen molar-refractivity contribution in [3.8, 4) is 0 Å². The summed E-state index contributed by atoms with van der Waals surface area (Å²) in [5, 5.41) is 29.9. The third-order valence-corrected chi connectivity index (χ3v) is 4.86. The van der Waals surface area contributed by atoms with E-state index in [2.05, 4.69) is 15.0 Å². The normalized spacial score (nSPS) is 39.1. The van der Waals surface area contributed by atoms with Crippen molar-refractivity contribution in [3.05, 3.63) is 12.7 Å². The van der Waals surface area contributed by atoms with Crippen molar-refractivity contribution in [2.45, 2.75) is 24.7 Å². The van der Waals surface area contributed by atoms with Gasteiger partial charge < -0.3 is 25.6 Å². The van der Waals surface area contributed by atoms with Crippen LogP contribution < -0.4 is 5.73 Å². The lowest BCUT2D eigenvalue weighted by molar-refractivity contribution is -0.0300. The lowest BCUT2D eigenvalue weighted by Gasteiger charge is -2.23. The Labute approximate surface area is 113 Å². The van der Waals surface area contributed by atoms with E-state index in [4.69, 9.17) is 5.73 Å². The molecule has 106 valence electrons. The van der Waals surface area contributed by atoms with E-state index in [1.165, 1.54) is 6.33 Å². The van der Waals surface area contributed by atoms with Crippen LogP contribution >= 0.6 is 0 Å². The van der Waals surface area contributed by atoms with Crippen LogP contribution in [0.25, 0.3) is 11.2 Å². The van der Waals surface area contributed by atoms with Crippen LogP contribution in [-0.2, 0) is 0 Å². The topological polar surface area (TPSA) is 130 Å². The van der Waals surface area contributed by atoms with Gasteiger partial charge in [-0.15, -0.1) is 0 Å². The molecular formula is C12H15N5O3. The van der Waals surface area contributed by atoms with Crippen molar-refractivity contribution < 1.29 is 15.3 Å². The molecule has 0 aromatic carbocycles. The van der Waals surface area contributed by atoms with Gasteiger partial charge in [0, 0.05) is 5.41 Å². The average molecular weight is 277 g/mol. The molecule has 2 aliphatic rings. The van der Waals surface area contributed by atoms with Crippen LogP contribution in [0, 0.1) is 11.3 Å². The molecule has 5 N–H and O–H groups in total. The van der Waals surface area contributed by atoms with Crippen molar-refractivity contribution in [1.29, 1.82) is 0 Å². The Morgan fingerprint density at radius 1 is 1.35 bits per heavy atom. The second kappa shape index (κ2) is 3.66. The minimum Gasteiger partial charge on any atom is -0.396 e. The third-order valence-electron chi connectivity index (χ3n) is 4.86. The van der Waals surface area contributed by atoms with Crippen LogP contribution in [0.4, 0.5) is 5.82 Å². The molecule has 2 heterocycles. The standard InChI is InChI=1S/C12H15N5O3/c13-10-6-11(15-3-14-10)17(4-16-6)7-5-1-12(5,2-18)9(20)8(7)19/h3-5,7-9,18-20H,1-2H2,(H2,13,14,15)/t5-,7-,8?,9?,12+/m1/s1. The zero-order valence-electron chi connectivity index (χ0n) is 10.6. The van der Waals surface area contributed by atoms with Gasteiger partial charge in [-0.05, 0) is 12.3 Å². The van der Waals surface area contributed by atoms with Crippen LogP contribution in [0.3, 0.4) is 0 Å². The highest BCUT2D eigenvalue weighted by Crippen LogP contribution is 2.67. The first-order valence-corrected chi connectivity index (χ1v) is 6.50. The second-order valence-corrected chi connectivity index (χ2v) is 5.71. The first kappa shape index (κ1) is 12.0. The van der Waals surface area contributed by atoms with E-state index >= 15 is 0 Å². The molecule has 5 atom stereocenters. The van der Waals surface area contributed by atoms with Crippen LogP contribution in [-0.4, -0.2) is 53.7 Å². The van der Waals surface area contributed by atoms with Gasteiger partial charge in [0.05, 0.1) is 25.1 Å². The minimum atomic E-state index is -0.950. The lowest BCUT2D eigenvalue weighted by atomic mass is 10.0. The summed E-state index contributed by atoms with van der Waals surface area (Å²) in [6.07, 6.45) is 1.71. The fourth-order valence-corrected chi connectivity index (χ4v) is 3.64. The zero-order chi connectivity index (χ0) is 14.1. The summed E-state index contributed by atoms with van der Waals surface area (Å²) >= 11 is 0. The quantitative estimate of drug-likeness (QED) is 0.535. The molecule has 0 bridgehead atoms. The number of nitrogen functional groups attached to an aromatic ring is 1. The van der Waals surface area contributed by atoms with E-state index < -0.39 is 17.6 Å². The molecule has 20 heavy (non-hydrogen) atoms. The molecular weight excluding hydrogens is 262 g/mol. The summed E-state index contributed by atoms with van der Waals surface area (Å²) in [6.45, 7) is -0.129. The zero-order valence-corrected chi connectivity index (χ0v) is 10.6. The molecule has 2 saturated carbocycles. The molecule has 0 saturated heterocycles. The number of fused-ring (bicyclic) bond motifs is 2. The summed E-state index contributed by atoms with van der Waals surface area (Å²) in [4.78, 5) is 12.2. The van der Waals surface area contributed by atoms with Gasteiger partial charge in [-0.25, -0.2) is 15.0 Å². The molecule has 2 aromatic rings. The maximum atomic E-state index is 10.3. The molecule has 4 rings (SSSR count). The van der Waals surface area contributed by atoms with Gasteiger partial charge in [-0.3, -0.25) is 0 Å². The van der Waals surface area contributed by atoms with Crippen LogP contribution in [0.5, 0.6) is 0 Å². The first-order chi connectivity index (χ1) is 9.60. The van der Waals surface area contributed by atoms with Gasteiger partial charge in [-0.2, -0.15) is 0 Å². The summed E-state index contributed by atoms with van der Waals surface area (Å²) in [7, 11) is 0. The highest BCUT2D eigenvalue weighted by atomic mass is 16.3. The van der Waals surface area contributed by atoms with E-state index in [-0.39, 0.29) is 24.4 Å². The number of anilines is 1. The molecule has 2 unspecified atom stereocenters. The molecule has 2 aromatic heterocycles. The lowest BCUT2D eigenvalue weighted by Crippen LogP contribution is -2.35. The number of hydrogen-bond acceptors (Lipinski definition) is 7. The van der Waals surface area contributed by atoms with Gasteiger partial charge in [0.2, 0.25) is 0 Å². The monoisotopic (exact) mass is 277 g/mol. The largest absolute Gasteiger partial charge is 0.396 e. The third kappa shape index (κ3) is 1.23. The Morgan fingerprint density at radius 3 is 2.85 bits per heavy atom. The van der Waals surface area contributed by atoms with E-state index in [0.29, 0.717) is 17.6 Å². The summed E-state index contributed by atoms with van der Waals surface area (Å²) in [5.41, 5.74) is 6.18. The Hall–Kier alpha value is -1.77. The number of aliphatic hydroxyl groups is 3. The van der Waals surface area contributed by atoms with E-state index in [9.17, 15) is 15.3 Å². The number of nitrogens with zero attached hydrogens (tertiary/aromatic N) is 4. The summed E-state index contributed by atoms with van der Waals surface area (Å²) in [6, 6.07) is -0.351. The SMILES string of the molecule is Nc1ncnc2c1ncn2[C@H]1C(O)C(O)[C@]2(CO)C[C@H]12. The molecule has 0 amide bonds. The van der Waals surface area contributed by atoms with E-state index in [0.717, 1.165) is 0 Å². The predicted octanol–water partition coefficient (Wildman–Crippen LogP) is -1.32. The van der Waals surface area contributed by atoms with Crippen molar-refractivity contribution in [2.24, 2.45) is 11.3 Å². The maximum absolute atomic E-state index is 10.3. The summed E-state index contributed by atoms with van der Waals surface area (Å²) < 4.78 is 1.73. The number of imidazole rings is 1. The highest BCUT2D eigenvalue weighted by Gasteiger charge is 2.71. The Bertz CT molecular complexity index is 689. The van der Waals surface area contributed by atoms with Crippen LogP contribution in [0.15, 0.2) is 12.7 Å². The van der Waals surface area contributed by atoms with Gasteiger partial charge in [-0.1, -0.05) is 0 Å². The van der Waals surface area contributed by atoms with Crippen molar-refractivity contribution in [1.82, 2.24) is 19.5 Å². The van der Waals surface area contributed by atoms with Crippen molar-refractivity contribution in [3.63, 3.8) is 0 Å². The molecule has 8 heteroatoms. The van der Waals surface area contributed by atoms with Crippen LogP contribution in [0.1, 0.15) is 12.5 Å². The Balaban J connectivity index is 1.83. The molecule has 0 radical (unpaired) electrons. The van der Waals surface area contributed by atoms with Crippen molar-refractivity contribution in [2.75, 3.05) is 12.3 Å². The van der Waals surface area contributed by atoms with Gasteiger partial charge >= 0.3 is 0 Å². The van der Waals surface area contributed by atoms with Gasteiger partial charge in [0.15, 0.2) is 11.5 Å². The minimum absolute atomic E-state index is 0.0195. The fraction of sp³-hybridized carbons (Fsp3) is 0.583. The Morgan fingerprint density at radius 2 is 2.15 bits per heavy atom. The number of aliphatic hydroxyl groups excluding tert-OH is 3. The molecule has 0 aliphatic heterocycles. The smallest absolute Gasteiger partial charge is 0.165 e. The molecule has 2 fully saturated rings. The predicted molar refractivity (Wildman–Crippen MR) is 68.4 cm³/mol. The van der Waals surface area contributed by atoms with E-state index in [1.54, 1.807) is 10.9 Å².